The van der Waals surface area contributed by atoms with Crippen LogP contribution in [0.4, 0.5) is 5.13 Å². The average Bonchev–Trinajstić information content (AvgIpc) is 3.06. The first-order valence-electron chi connectivity index (χ1n) is 8.43. The van der Waals surface area contributed by atoms with Gasteiger partial charge < -0.3 is 0 Å². The zero-order valence-electron chi connectivity index (χ0n) is 15.6. The smallest absolute Gasteiger partial charge is 0.257 e. The number of aromatic nitrogens is 2. The van der Waals surface area contributed by atoms with Gasteiger partial charge in [0.15, 0.2) is 0 Å². The van der Waals surface area contributed by atoms with Gasteiger partial charge in [-0.25, -0.2) is 13.1 Å². The second kappa shape index (κ2) is 8.24. The number of nitrogens with zero attached hydrogens (tertiary/aromatic N) is 2. The zero-order chi connectivity index (χ0) is 19.5. The summed E-state index contributed by atoms with van der Waals surface area (Å²) in [5.41, 5.74) is 1.60. The van der Waals surface area contributed by atoms with Gasteiger partial charge in [-0.05, 0) is 57.0 Å². The Labute approximate surface area is 158 Å². The number of sulfonamides is 1. The first-order chi connectivity index (χ1) is 12.2. The fraction of sp³-hybridized carbons (Fsp3) is 0.471. The van der Waals surface area contributed by atoms with E-state index in [0.29, 0.717) is 16.6 Å². The molecule has 26 heavy (non-hydrogen) atoms. The van der Waals surface area contributed by atoms with Crippen LogP contribution in [-0.4, -0.2) is 31.6 Å². The first-order valence-corrected chi connectivity index (χ1v) is 10.7. The Hall–Kier alpha value is -1.84. The van der Waals surface area contributed by atoms with Crippen molar-refractivity contribution in [2.45, 2.75) is 51.3 Å². The largest absolute Gasteiger partial charge is 0.296 e. The number of carbonyl (C=O) groups is 1. The fourth-order valence-electron chi connectivity index (χ4n) is 2.60. The molecule has 0 bridgehead atoms. The van der Waals surface area contributed by atoms with Gasteiger partial charge in [0, 0.05) is 11.5 Å². The van der Waals surface area contributed by atoms with Gasteiger partial charge in [-0.2, -0.15) is 0 Å². The lowest BCUT2D eigenvalue weighted by Crippen LogP contribution is -2.21. The lowest BCUT2D eigenvalue weighted by molar-refractivity contribution is 0.102. The zero-order valence-corrected chi connectivity index (χ0v) is 17.2. The highest BCUT2D eigenvalue weighted by molar-refractivity contribution is 7.89. The molecular formula is C17H24N4O3S2. The summed E-state index contributed by atoms with van der Waals surface area (Å²) in [7, 11) is -2.30. The number of amides is 1. The summed E-state index contributed by atoms with van der Waals surface area (Å²) in [5, 5.41) is 12.2. The van der Waals surface area contributed by atoms with E-state index in [4.69, 9.17) is 0 Å². The second-order valence-electron chi connectivity index (χ2n) is 6.04. The maximum Gasteiger partial charge on any atom is 0.257 e. The molecule has 0 unspecified atom stereocenters. The van der Waals surface area contributed by atoms with Gasteiger partial charge in [0.1, 0.15) is 5.01 Å². The number of benzene rings is 1. The molecule has 1 heterocycles. The SMILES string of the molecule is CCC(CC)c1nnc(NC(=O)c2cc(C)c(C)c(S(=O)(=O)NC)c2)s1. The van der Waals surface area contributed by atoms with Crippen molar-refractivity contribution >= 4 is 32.4 Å². The number of hydrogen-bond acceptors (Lipinski definition) is 6. The summed E-state index contributed by atoms with van der Waals surface area (Å²) in [6, 6.07) is 3.05. The molecule has 2 N–H and O–H groups in total. The highest BCUT2D eigenvalue weighted by Gasteiger charge is 2.20. The second-order valence-corrected chi connectivity index (χ2v) is 8.90. The minimum Gasteiger partial charge on any atom is -0.296 e. The van der Waals surface area contributed by atoms with Crippen LogP contribution < -0.4 is 10.0 Å². The highest BCUT2D eigenvalue weighted by Crippen LogP contribution is 2.28. The van der Waals surface area contributed by atoms with E-state index in [0.717, 1.165) is 23.4 Å². The third-order valence-corrected chi connectivity index (χ3v) is 6.98. The molecule has 0 fully saturated rings. The van der Waals surface area contributed by atoms with Crippen LogP contribution >= 0.6 is 11.3 Å². The van der Waals surface area contributed by atoms with Crippen LogP contribution in [0.15, 0.2) is 17.0 Å². The molecule has 7 nitrogen and oxygen atoms in total. The maximum absolute atomic E-state index is 12.6. The molecule has 2 aromatic rings. The molecule has 0 aliphatic heterocycles. The number of nitrogens with one attached hydrogen (secondary N) is 2. The van der Waals surface area contributed by atoms with Gasteiger partial charge >= 0.3 is 0 Å². The lowest BCUT2D eigenvalue weighted by atomic mass is 10.1. The predicted octanol–water partition coefficient (Wildman–Crippen LogP) is 3.22. The van der Waals surface area contributed by atoms with Crippen molar-refractivity contribution in [1.29, 1.82) is 0 Å². The predicted molar refractivity (Wildman–Crippen MR) is 103 cm³/mol. The summed E-state index contributed by atoms with van der Waals surface area (Å²) in [5.74, 6) is -0.0833. The molecule has 142 valence electrons. The van der Waals surface area contributed by atoms with Gasteiger partial charge in [-0.1, -0.05) is 25.2 Å². The first kappa shape index (κ1) is 20.5. The van der Waals surface area contributed by atoms with E-state index < -0.39 is 15.9 Å². The van der Waals surface area contributed by atoms with E-state index in [9.17, 15) is 13.2 Å². The van der Waals surface area contributed by atoms with Gasteiger partial charge in [-0.3, -0.25) is 10.1 Å². The Morgan fingerprint density at radius 1 is 1.19 bits per heavy atom. The van der Waals surface area contributed by atoms with Crippen molar-refractivity contribution in [3.63, 3.8) is 0 Å². The molecule has 0 saturated heterocycles. The van der Waals surface area contributed by atoms with E-state index >= 15 is 0 Å². The minimum absolute atomic E-state index is 0.0973. The molecule has 0 spiro atoms. The molecular weight excluding hydrogens is 372 g/mol. The van der Waals surface area contributed by atoms with Crippen molar-refractivity contribution < 1.29 is 13.2 Å². The van der Waals surface area contributed by atoms with E-state index in [2.05, 4.69) is 34.1 Å². The Morgan fingerprint density at radius 3 is 2.42 bits per heavy atom. The van der Waals surface area contributed by atoms with Gasteiger partial charge in [0.25, 0.3) is 5.91 Å². The van der Waals surface area contributed by atoms with Crippen molar-refractivity contribution in [2.75, 3.05) is 12.4 Å². The minimum atomic E-state index is -3.65. The Kier molecular flexibility index (Phi) is 6.48. The average molecular weight is 397 g/mol. The van der Waals surface area contributed by atoms with E-state index in [-0.39, 0.29) is 10.5 Å². The number of hydrogen-bond donors (Lipinski definition) is 2. The monoisotopic (exact) mass is 396 g/mol. The topological polar surface area (TPSA) is 101 Å². The Balaban J connectivity index is 2.31. The van der Waals surface area contributed by atoms with Crippen LogP contribution in [0.5, 0.6) is 0 Å². The van der Waals surface area contributed by atoms with E-state index in [1.54, 1.807) is 19.9 Å². The molecule has 0 aliphatic carbocycles. The highest BCUT2D eigenvalue weighted by atomic mass is 32.2. The third kappa shape index (κ3) is 4.28. The molecule has 1 amide bonds. The molecule has 0 radical (unpaired) electrons. The van der Waals surface area contributed by atoms with E-state index in [1.807, 2.05) is 0 Å². The summed E-state index contributed by atoms with van der Waals surface area (Å²) < 4.78 is 26.7. The molecule has 0 saturated carbocycles. The number of anilines is 1. The summed E-state index contributed by atoms with van der Waals surface area (Å²) in [4.78, 5) is 12.7. The fourth-order valence-corrected chi connectivity index (χ4v) is 4.68. The van der Waals surface area contributed by atoms with Gasteiger partial charge in [0.05, 0.1) is 4.90 Å². The van der Waals surface area contributed by atoms with Gasteiger partial charge in [-0.15, -0.1) is 10.2 Å². The summed E-state index contributed by atoms with van der Waals surface area (Å²) >= 11 is 1.35. The van der Waals surface area contributed by atoms with Crippen LogP contribution in [0.25, 0.3) is 0 Å². The standard InChI is InChI=1S/C17H24N4O3S2/c1-6-12(7-2)16-20-21-17(25-16)19-15(22)13-8-10(3)11(4)14(9-13)26(23,24)18-5/h8-9,12,18H,6-7H2,1-5H3,(H,19,21,22). The number of rotatable bonds is 7. The van der Waals surface area contributed by atoms with Crippen LogP contribution in [0.3, 0.4) is 0 Å². The summed E-state index contributed by atoms with van der Waals surface area (Å²) in [6.45, 7) is 7.67. The molecule has 1 aromatic carbocycles. The quantitative estimate of drug-likeness (QED) is 0.748. The van der Waals surface area contributed by atoms with E-state index in [1.165, 1.54) is 24.5 Å². The molecule has 0 aliphatic rings. The van der Waals surface area contributed by atoms with Crippen molar-refractivity contribution in [1.82, 2.24) is 14.9 Å². The van der Waals surface area contributed by atoms with Gasteiger partial charge in [0.2, 0.25) is 15.2 Å². The summed E-state index contributed by atoms with van der Waals surface area (Å²) in [6.07, 6.45) is 1.92. The lowest BCUT2D eigenvalue weighted by Gasteiger charge is -2.11. The molecule has 1 aromatic heterocycles. The van der Waals surface area contributed by atoms with Crippen LogP contribution in [0.1, 0.15) is 59.1 Å². The van der Waals surface area contributed by atoms with Crippen molar-refractivity contribution in [3.05, 3.63) is 33.8 Å². The molecule has 9 heteroatoms. The third-order valence-electron chi connectivity index (χ3n) is 4.44. The maximum atomic E-state index is 12.6. The Morgan fingerprint density at radius 2 is 1.85 bits per heavy atom. The van der Waals surface area contributed by atoms with Crippen LogP contribution in [-0.2, 0) is 10.0 Å². The number of aryl methyl sites for hydroxylation is 1. The van der Waals surface area contributed by atoms with Crippen LogP contribution in [0.2, 0.25) is 0 Å². The van der Waals surface area contributed by atoms with Crippen molar-refractivity contribution in [2.24, 2.45) is 0 Å². The van der Waals surface area contributed by atoms with Crippen molar-refractivity contribution in [3.8, 4) is 0 Å². The molecule has 0 atom stereocenters. The molecule has 2 rings (SSSR count). The number of carbonyl (C=O) groups excluding carboxylic acids is 1. The van der Waals surface area contributed by atoms with Crippen LogP contribution in [0, 0.1) is 13.8 Å². The Bertz CT molecular complexity index is 903. The normalized spacial score (nSPS) is 11.8.